The number of hydrogen-bond acceptors (Lipinski definition) is 8. The lowest BCUT2D eigenvalue weighted by Gasteiger charge is -2.35. The van der Waals surface area contributed by atoms with Crippen LogP contribution < -0.4 is 16.0 Å². The predicted octanol–water partition coefficient (Wildman–Crippen LogP) is 0.565. The van der Waals surface area contributed by atoms with Crippen molar-refractivity contribution in [2.75, 3.05) is 28.2 Å². The van der Waals surface area contributed by atoms with Gasteiger partial charge in [-0.2, -0.15) is 0 Å². The van der Waals surface area contributed by atoms with Crippen LogP contribution in [0.1, 0.15) is 54.0 Å². The molecule has 256 valence electrons. The van der Waals surface area contributed by atoms with Crippen molar-refractivity contribution in [3.8, 4) is 0 Å². The monoisotopic (exact) mass is 644 g/mol. The number of benzene rings is 1. The van der Waals surface area contributed by atoms with Crippen LogP contribution in [0.2, 0.25) is 0 Å². The molecule has 13 nitrogen and oxygen atoms in total. The number of amides is 5. The number of likely N-dealkylation sites (N-methyl/N-ethyl adjacent to an activating group) is 4. The summed E-state index contributed by atoms with van der Waals surface area (Å²) < 4.78 is 5.72. The van der Waals surface area contributed by atoms with E-state index in [0.29, 0.717) is 0 Å². The van der Waals surface area contributed by atoms with Gasteiger partial charge in [0.05, 0.1) is 0 Å². The number of esters is 1. The maximum Gasteiger partial charge on any atom is 0.329 e. The van der Waals surface area contributed by atoms with Crippen molar-refractivity contribution in [2.24, 2.45) is 11.8 Å². The van der Waals surface area contributed by atoms with Crippen molar-refractivity contribution >= 4 is 35.5 Å². The standard InChI is InChI=1S/C33H52N6O7/c1-18(2)25-31(43)38(10)21(6)30(42)39(11)24(17-23-15-13-12-14-16-23)29(41)36-26(19(3)4)33(45)46-22(7)27(34-8)32(44)37(9)20(5)28(40)35-25/h12-16,18-22,24-27,34H,17H2,1-11H3,(H,35,40)(H,36,41)/t20-,21-,22+,24+,25+,26-,27-/m0/s1. The number of hydrogen-bond donors (Lipinski definition) is 3. The van der Waals surface area contributed by atoms with E-state index in [-0.39, 0.29) is 12.3 Å². The highest BCUT2D eigenvalue weighted by molar-refractivity contribution is 5.96. The van der Waals surface area contributed by atoms with Crippen molar-refractivity contribution < 1.29 is 33.5 Å². The molecule has 1 heterocycles. The third kappa shape index (κ3) is 9.05. The molecule has 2 rings (SSSR count). The zero-order chi connectivity index (χ0) is 35.0. The topological polar surface area (TPSA) is 157 Å². The molecule has 0 unspecified atom stereocenters. The fraction of sp³-hybridized carbons (Fsp3) is 0.636. The number of carbonyl (C=O) groups excluding carboxylic acids is 6. The lowest BCUT2D eigenvalue weighted by molar-refractivity contribution is -0.158. The Balaban J connectivity index is 2.65. The van der Waals surface area contributed by atoms with Gasteiger partial charge in [-0.15, -0.1) is 0 Å². The third-order valence-corrected chi connectivity index (χ3v) is 8.78. The molecule has 0 radical (unpaired) electrons. The van der Waals surface area contributed by atoms with Crippen molar-refractivity contribution in [1.82, 2.24) is 30.7 Å². The molecule has 46 heavy (non-hydrogen) atoms. The van der Waals surface area contributed by atoms with Crippen molar-refractivity contribution in [2.45, 2.75) is 97.2 Å². The first-order valence-electron chi connectivity index (χ1n) is 15.8. The second kappa shape index (κ2) is 16.5. The molecule has 1 fully saturated rings. The summed E-state index contributed by atoms with van der Waals surface area (Å²) in [6.07, 6.45) is -0.840. The molecule has 0 aliphatic carbocycles. The van der Waals surface area contributed by atoms with Crippen LogP contribution in [0.15, 0.2) is 30.3 Å². The molecule has 1 aliphatic heterocycles. The average molecular weight is 645 g/mol. The fourth-order valence-electron chi connectivity index (χ4n) is 5.27. The van der Waals surface area contributed by atoms with Crippen LogP contribution in [0, 0.1) is 11.8 Å². The summed E-state index contributed by atoms with van der Waals surface area (Å²) in [5.41, 5.74) is 0.784. The Morgan fingerprint density at radius 1 is 0.717 bits per heavy atom. The van der Waals surface area contributed by atoms with Gasteiger partial charge in [-0.05, 0) is 45.2 Å². The van der Waals surface area contributed by atoms with Gasteiger partial charge in [0.25, 0.3) is 0 Å². The highest BCUT2D eigenvalue weighted by Gasteiger charge is 2.40. The van der Waals surface area contributed by atoms with Crippen LogP contribution in [0.5, 0.6) is 0 Å². The number of carbonyl (C=O) groups is 6. The molecular weight excluding hydrogens is 592 g/mol. The largest absolute Gasteiger partial charge is 0.459 e. The van der Waals surface area contributed by atoms with Gasteiger partial charge in [-0.25, -0.2) is 4.79 Å². The van der Waals surface area contributed by atoms with Crippen LogP contribution in [0.4, 0.5) is 0 Å². The molecule has 0 saturated carbocycles. The number of nitrogens with one attached hydrogen (secondary N) is 3. The van der Waals surface area contributed by atoms with E-state index in [1.807, 2.05) is 30.3 Å². The maximum absolute atomic E-state index is 13.9. The summed E-state index contributed by atoms with van der Waals surface area (Å²) in [7, 11) is 5.94. The van der Waals surface area contributed by atoms with Crippen LogP contribution >= 0.6 is 0 Å². The first kappa shape index (κ1) is 38.2. The Morgan fingerprint density at radius 2 is 1.24 bits per heavy atom. The van der Waals surface area contributed by atoms with Crippen LogP contribution in [-0.4, -0.2) is 121 Å². The molecule has 7 atom stereocenters. The molecule has 1 aliphatic rings. The van der Waals surface area contributed by atoms with E-state index in [4.69, 9.17) is 4.74 Å². The number of nitrogens with zero attached hydrogens (tertiary/aromatic N) is 3. The van der Waals surface area contributed by atoms with Crippen LogP contribution in [0.3, 0.4) is 0 Å². The Labute approximate surface area is 272 Å². The first-order chi connectivity index (χ1) is 21.4. The summed E-state index contributed by atoms with van der Waals surface area (Å²) in [4.78, 5) is 85.7. The minimum atomic E-state index is -1.10. The Morgan fingerprint density at radius 3 is 1.76 bits per heavy atom. The van der Waals surface area contributed by atoms with E-state index in [0.717, 1.165) is 5.56 Å². The second-order valence-electron chi connectivity index (χ2n) is 12.8. The highest BCUT2D eigenvalue weighted by atomic mass is 16.5. The van der Waals surface area contributed by atoms with Gasteiger partial charge in [0, 0.05) is 27.6 Å². The molecule has 0 bridgehead atoms. The summed E-state index contributed by atoms with van der Waals surface area (Å²) in [6, 6.07) is 3.00. The summed E-state index contributed by atoms with van der Waals surface area (Å²) >= 11 is 0. The van der Waals surface area contributed by atoms with Gasteiger partial charge in [0.15, 0.2) is 0 Å². The van der Waals surface area contributed by atoms with Crippen molar-refractivity contribution in [3.05, 3.63) is 35.9 Å². The minimum Gasteiger partial charge on any atom is -0.459 e. The number of ether oxygens (including phenoxy) is 1. The minimum absolute atomic E-state index is 0.140. The Hall–Kier alpha value is -4.00. The van der Waals surface area contributed by atoms with Crippen LogP contribution in [0.25, 0.3) is 0 Å². The zero-order valence-corrected chi connectivity index (χ0v) is 29.0. The lowest BCUT2D eigenvalue weighted by Crippen LogP contribution is -2.60. The summed E-state index contributed by atoms with van der Waals surface area (Å²) in [6.45, 7) is 11.7. The third-order valence-electron chi connectivity index (χ3n) is 8.78. The Kier molecular flexibility index (Phi) is 13.7. The van der Waals surface area contributed by atoms with Gasteiger partial charge >= 0.3 is 5.97 Å². The highest BCUT2D eigenvalue weighted by Crippen LogP contribution is 2.17. The normalized spacial score (nSPS) is 28.5. The molecule has 1 aromatic carbocycles. The molecule has 13 heteroatoms. The van der Waals surface area contributed by atoms with Crippen molar-refractivity contribution in [1.29, 1.82) is 0 Å². The lowest BCUT2D eigenvalue weighted by atomic mass is 10.00. The predicted molar refractivity (Wildman–Crippen MR) is 173 cm³/mol. The van der Waals surface area contributed by atoms with Gasteiger partial charge in [0.2, 0.25) is 29.5 Å². The van der Waals surface area contributed by atoms with Gasteiger partial charge in [-0.3, -0.25) is 24.0 Å². The average Bonchev–Trinajstić information content (AvgIpc) is 3.02. The van der Waals surface area contributed by atoms with E-state index in [1.54, 1.807) is 41.5 Å². The number of rotatable bonds is 5. The summed E-state index contributed by atoms with van der Waals surface area (Å²) in [5.74, 6) is -4.17. The van der Waals surface area contributed by atoms with E-state index in [9.17, 15) is 28.8 Å². The molecule has 1 aromatic rings. The maximum atomic E-state index is 13.9. The zero-order valence-electron chi connectivity index (χ0n) is 29.0. The smallest absolute Gasteiger partial charge is 0.329 e. The van der Waals surface area contributed by atoms with E-state index in [1.165, 1.54) is 49.8 Å². The molecule has 5 amide bonds. The number of cyclic esters (lactones) is 1. The Bertz CT molecular complexity index is 1260. The SMILES string of the molecule is CN[C@@H]1C(=O)N(C)[C@@H](C)C(=O)N[C@H](C(C)C)C(=O)N(C)[C@@H](C)C(=O)N(C)[C@H](Cc2ccccc2)C(=O)N[C@@H](C(C)C)C(=O)O[C@@H]1C. The quantitative estimate of drug-likeness (QED) is 0.393. The molecular formula is C33H52N6O7. The molecule has 1 saturated heterocycles. The van der Waals surface area contributed by atoms with Crippen molar-refractivity contribution in [3.63, 3.8) is 0 Å². The molecule has 0 aromatic heterocycles. The van der Waals surface area contributed by atoms with Gasteiger partial charge in [-0.1, -0.05) is 58.0 Å². The van der Waals surface area contributed by atoms with E-state index >= 15 is 0 Å². The fourth-order valence-corrected chi connectivity index (χ4v) is 5.27. The summed E-state index contributed by atoms with van der Waals surface area (Å²) in [5, 5.41) is 8.41. The first-order valence-corrected chi connectivity index (χ1v) is 15.8. The van der Waals surface area contributed by atoms with E-state index in [2.05, 4.69) is 16.0 Å². The second-order valence-corrected chi connectivity index (χ2v) is 12.8. The van der Waals surface area contributed by atoms with Gasteiger partial charge < -0.3 is 35.4 Å². The van der Waals surface area contributed by atoms with Gasteiger partial charge in [0.1, 0.15) is 42.4 Å². The van der Waals surface area contributed by atoms with E-state index < -0.39 is 83.8 Å². The molecule has 0 spiro atoms. The van der Waals surface area contributed by atoms with Crippen LogP contribution in [-0.2, 0) is 39.9 Å². The molecule has 3 N–H and O–H groups in total.